The fraction of sp³-hybridized carbons (Fsp3) is 0.240. The number of aliphatic hydroxyl groups is 1. The quantitative estimate of drug-likeness (QED) is 0.299. The van der Waals surface area contributed by atoms with Crippen LogP contribution in [0.25, 0.3) is 11.0 Å². The van der Waals surface area contributed by atoms with Crippen molar-refractivity contribution in [1.82, 2.24) is 15.0 Å². The molecule has 7 nitrogen and oxygen atoms in total. The number of H-pyrrole nitrogens is 1. The lowest BCUT2D eigenvalue weighted by atomic mass is 10.0. The van der Waals surface area contributed by atoms with Crippen molar-refractivity contribution in [2.45, 2.75) is 24.1 Å². The second-order valence-corrected chi connectivity index (χ2v) is 9.83. The van der Waals surface area contributed by atoms with Crippen LogP contribution in [0, 0.1) is 0 Å². The van der Waals surface area contributed by atoms with Gasteiger partial charge in [-0.05, 0) is 37.1 Å². The fourth-order valence-electron chi connectivity index (χ4n) is 4.02. The van der Waals surface area contributed by atoms with E-state index in [0.717, 1.165) is 18.6 Å². The third-order valence-electron chi connectivity index (χ3n) is 5.79. The highest BCUT2D eigenvalue weighted by atomic mass is 35.5. The van der Waals surface area contributed by atoms with Crippen molar-refractivity contribution in [1.29, 1.82) is 0 Å². The summed E-state index contributed by atoms with van der Waals surface area (Å²) in [5.41, 5.74) is 1.41. The molecule has 3 N–H and O–H groups in total. The Morgan fingerprint density at radius 2 is 2.00 bits per heavy atom. The average molecular weight is 495 g/mol. The minimum absolute atomic E-state index is 0.196. The van der Waals surface area contributed by atoms with Crippen LogP contribution in [0.15, 0.2) is 61.1 Å². The van der Waals surface area contributed by atoms with Gasteiger partial charge in [0.15, 0.2) is 5.78 Å². The van der Waals surface area contributed by atoms with Gasteiger partial charge in [0.1, 0.15) is 29.3 Å². The summed E-state index contributed by atoms with van der Waals surface area (Å²) < 4.78 is 5.82. The molecule has 2 atom stereocenters. The number of ether oxygens (including phenoxy) is 1. The molecule has 1 aliphatic heterocycles. The van der Waals surface area contributed by atoms with E-state index in [1.165, 1.54) is 6.33 Å². The van der Waals surface area contributed by atoms with Gasteiger partial charge in [0.05, 0.1) is 22.6 Å². The topological polar surface area (TPSA) is 100 Å². The summed E-state index contributed by atoms with van der Waals surface area (Å²) in [5.74, 6) is 2.49. The first-order valence-electron chi connectivity index (χ1n) is 11.0. The molecule has 174 valence electrons. The molecule has 5 rings (SSSR count). The highest BCUT2D eigenvalue weighted by Gasteiger charge is 2.25. The largest absolute Gasteiger partial charge is 0.457 e. The lowest BCUT2D eigenvalue weighted by molar-refractivity contribution is 0.104. The van der Waals surface area contributed by atoms with E-state index in [4.69, 9.17) is 16.3 Å². The number of fused-ring (bicyclic) bond motifs is 1. The summed E-state index contributed by atoms with van der Waals surface area (Å²) in [7, 11) is 0. The van der Waals surface area contributed by atoms with E-state index >= 15 is 0 Å². The van der Waals surface area contributed by atoms with Crippen molar-refractivity contribution in [3.8, 4) is 11.5 Å². The average Bonchev–Trinajstić information content (AvgIpc) is 3.30. The number of ketones is 1. The van der Waals surface area contributed by atoms with Crippen LogP contribution in [-0.2, 0) is 0 Å². The van der Waals surface area contributed by atoms with Crippen molar-refractivity contribution < 1.29 is 14.6 Å². The van der Waals surface area contributed by atoms with Gasteiger partial charge in [-0.1, -0.05) is 29.8 Å². The second kappa shape index (κ2) is 10.0. The Balaban J connectivity index is 1.40. The van der Waals surface area contributed by atoms with E-state index in [2.05, 4.69) is 20.3 Å². The summed E-state index contributed by atoms with van der Waals surface area (Å²) in [4.78, 5) is 25.3. The molecule has 0 bridgehead atoms. The number of anilines is 1. The molecule has 2 aromatic carbocycles. The van der Waals surface area contributed by atoms with Gasteiger partial charge in [0, 0.05) is 34.9 Å². The number of carbonyl (C=O) groups is 1. The maximum atomic E-state index is 13.5. The third-order valence-corrected chi connectivity index (χ3v) is 7.56. The van der Waals surface area contributed by atoms with Crippen LogP contribution in [0.4, 0.5) is 5.82 Å². The van der Waals surface area contributed by atoms with Gasteiger partial charge in [0.25, 0.3) is 0 Å². The van der Waals surface area contributed by atoms with Crippen LogP contribution in [0.3, 0.4) is 0 Å². The minimum atomic E-state index is -0.223. The summed E-state index contributed by atoms with van der Waals surface area (Å²) in [6.45, 7) is 0.196. The predicted molar refractivity (Wildman–Crippen MR) is 135 cm³/mol. The van der Waals surface area contributed by atoms with Crippen LogP contribution < -0.4 is 10.1 Å². The van der Waals surface area contributed by atoms with Gasteiger partial charge in [-0.25, -0.2) is 9.97 Å². The predicted octanol–water partition coefficient (Wildman–Crippen LogP) is 5.30. The van der Waals surface area contributed by atoms with E-state index in [0.29, 0.717) is 44.5 Å². The van der Waals surface area contributed by atoms with Crippen LogP contribution in [-0.4, -0.2) is 49.5 Å². The number of carbonyl (C=O) groups excluding carboxylic acids is 1. The number of aromatic nitrogens is 3. The highest BCUT2D eigenvalue weighted by Crippen LogP contribution is 2.33. The summed E-state index contributed by atoms with van der Waals surface area (Å²) in [5, 5.41) is 14.1. The number of benzene rings is 2. The molecule has 3 heterocycles. The molecule has 4 aromatic rings. The molecular formula is C25H23ClN4O3S. The Hall–Kier alpha value is -3.07. The first-order chi connectivity index (χ1) is 16.6. The molecular weight excluding hydrogens is 472 g/mol. The molecule has 1 fully saturated rings. The Morgan fingerprint density at radius 3 is 2.74 bits per heavy atom. The molecule has 0 aliphatic carbocycles. The standard InChI is InChI=1S/C25H23ClN4O3S/c26-21-10-17(33-16-4-2-1-3-5-16)7-9-19(21)23(32)20-11-27-24-22(20)25(29-14-28-24)30-15-6-8-18(12-31)34-13-15/h1-5,7,9-11,14-15,18,31H,6,8,12-13H2,(H2,27,28,29,30). The first kappa shape index (κ1) is 22.7. The maximum Gasteiger partial charge on any atom is 0.196 e. The Kier molecular flexibility index (Phi) is 6.71. The molecule has 2 aromatic heterocycles. The number of aromatic amines is 1. The van der Waals surface area contributed by atoms with Gasteiger partial charge in [-0.2, -0.15) is 11.8 Å². The zero-order valence-corrected chi connectivity index (χ0v) is 19.8. The van der Waals surface area contributed by atoms with Crippen molar-refractivity contribution in [2.24, 2.45) is 0 Å². The SMILES string of the molecule is O=C(c1ccc(Oc2ccccc2)cc1Cl)c1c[nH]c2ncnc(NC3CCC(CO)SC3)c12. The lowest BCUT2D eigenvalue weighted by Crippen LogP contribution is -2.30. The minimum Gasteiger partial charge on any atom is -0.457 e. The van der Waals surface area contributed by atoms with Gasteiger partial charge in [0.2, 0.25) is 0 Å². The second-order valence-electron chi connectivity index (χ2n) is 8.09. The zero-order valence-electron chi connectivity index (χ0n) is 18.2. The van der Waals surface area contributed by atoms with Crippen LogP contribution in [0.5, 0.6) is 11.5 Å². The summed E-state index contributed by atoms with van der Waals surface area (Å²) >= 11 is 8.25. The molecule has 0 amide bonds. The number of nitrogens with one attached hydrogen (secondary N) is 2. The summed E-state index contributed by atoms with van der Waals surface area (Å²) in [6.07, 6.45) is 4.98. The fourth-order valence-corrected chi connectivity index (χ4v) is 5.44. The number of rotatable bonds is 7. The maximum absolute atomic E-state index is 13.5. The number of hydrogen-bond acceptors (Lipinski definition) is 7. The van der Waals surface area contributed by atoms with Crippen molar-refractivity contribution in [3.63, 3.8) is 0 Å². The third kappa shape index (κ3) is 4.75. The molecule has 2 unspecified atom stereocenters. The van der Waals surface area contributed by atoms with E-state index in [1.807, 2.05) is 30.3 Å². The number of para-hydroxylation sites is 1. The van der Waals surface area contributed by atoms with E-state index < -0.39 is 0 Å². The molecule has 34 heavy (non-hydrogen) atoms. The molecule has 1 saturated heterocycles. The number of halogens is 1. The number of hydrogen-bond donors (Lipinski definition) is 3. The number of thioether (sulfide) groups is 1. The lowest BCUT2D eigenvalue weighted by Gasteiger charge is -2.28. The van der Waals surface area contributed by atoms with Gasteiger partial charge >= 0.3 is 0 Å². The van der Waals surface area contributed by atoms with E-state index in [9.17, 15) is 9.90 Å². The smallest absolute Gasteiger partial charge is 0.196 e. The molecule has 0 spiro atoms. The summed E-state index contributed by atoms with van der Waals surface area (Å²) in [6, 6.07) is 14.6. The highest BCUT2D eigenvalue weighted by molar-refractivity contribution is 8.00. The zero-order chi connectivity index (χ0) is 23.5. The molecule has 0 radical (unpaired) electrons. The monoisotopic (exact) mass is 494 g/mol. The first-order valence-corrected chi connectivity index (χ1v) is 12.4. The van der Waals surface area contributed by atoms with Gasteiger partial charge in [-0.3, -0.25) is 4.79 Å². The Labute approximate surface area is 205 Å². The van der Waals surface area contributed by atoms with Crippen LogP contribution in [0.2, 0.25) is 5.02 Å². The number of nitrogens with zero attached hydrogens (tertiary/aromatic N) is 2. The molecule has 9 heteroatoms. The normalized spacial score (nSPS) is 18.1. The van der Waals surface area contributed by atoms with Crippen molar-refractivity contribution in [3.05, 3.63) is 77.2 Å². The Bertz CT molecular complexity index is 1310. The van der Waals surface area contributed by atoms with Crippen molar-refractivity contribution in [2.75, 3.05) is 17.7 Å². The van der Waals surface area contributed by atoms with E-state index in [1.54, 1.807) is 36.2 Å². The molecule has 0 saturated carbocycles. The number of aliphatic hydroxyl groups excluding tert-OH is 1. The van der Waals surface area contributed by atoms with E-state index in [-0.39, 0.29) is 23.7 Å². The van der Waals surface area contributed by atoms with Crippen molar-refractivity contribution >= 4 is 46.0 Å². The van der Waals surface area contributed by atoms with Crippen LogP contribution >= 0.6 is 23.4 Å². The molecule has 1 aliphatic rings. The van der Waals surface area contributed by atoms with Gasteiger partial charge in [-0.15, -0.1) is 0 Å². The Morgan fingerprint density at radius 1 is 1.15 bits per heavy atom. The van der Waals surface area contributed by atoms with Crippen LogP contribution in [0.1, 0.15) is 28.8 Å². The van der Waals surface area contributed by atoms with Gasteiger partial charge < -0.3 is 20.1 Å².